The number of aromatic nitrogens is 2. The molecule has 6 heteroatoms. The fourth-order valence-corrected chi connectivity index (χ4v) is 1.88. The SMILES string of the molecule is COc1ccc(Oc2cc(Cl)nc(SC)n2)cc1. The summed E-state index contributed by atoms with van der Waals surface area (Å²) in [6.07, 6.45) is 1.88. The van der Waals surface area contributed by atoms with Crippen LogP contribution >= 0.6 is 23.4 Å². The molecule has 0 saturated heterocycles. The fourth-order valence-electron chi connectivity index (χ4n) is 1.29. The summed E-state index contributed by atoms with van der Waals surface area (Å²) in [5.41, 5.74) is 0. The molecule has 1 heterocycles. The Bertz CT molecular complexity index is 534. The van der Waals surface area contributed by atoms with Gasteiger partial charge in [0.25, 0.3) is 0 Å². The molecule has 4 nitrogen and oxygen atoms in total. The van der Waals surface area contributed by atoms with Crippen LogP contribution in [0.15, 0.2) is 35.5 Å². The molecule has 0 amide bonds. The van der Waals surface area contributed by atoms with Crippen LogP contribution in [0.5, 0.6) is 17.4 Å². The summed E-state index contributed by atoms with van der Waals surface area (Å²) >= 11 is 7.29. The van der Waals surface area contributed by atoms with E-state index in [-0.39, 0.29) is 0 Å². The van der Waals surface area contributed by atoms with Crippen LogP contribution in [-0.4, -0.2) is 23.3 Å². The molecular weight excluding hydrogens is 272 g/mol. The van der Waals surface area contributed by atoms with Crippen molar-refractivity contribution in [3.63, 3.8) is 0 Å². The lowest BCUT2D eigenvalue weighted by Crippen LogP contribution is -1.92. The van der Waals surface area contributed by atoms with Gasteiger partial charge in [0, 0.05) is 6.07 Å². The minimum atomic E-state index is 0.359. The molecular formula is C12H11ClN2O2S. The molecule has 0 spiro atoms. The molecule has 2 rings (SSSR count). The molecule has 18 heavy (non-hydrogen) atoms. The molecule has 0 aliphatic carbocycles. The second-order valence-electron chi connectivity index (χ2n) is 3.29. The Kier molecular flexibility index (Phi) is 4.28. The van der Waals surface area contributed by atoms with Crippen LogP contribution < -0.4 is 9.47 Å². The highest BCUT2D eigenvalue weighted by atomic mass is 35.5. The second kappa shape index (κ2) is 5.93. The molecule has 1 aromatic heterocycles. The monoisotopic (exact) mass is 282 g/mol. The van der Waals surface area contributed by atoms with Gasteiger partial charge in [0.2, 0.25) is 5.88 Å². The van der Waals surface area contributed by atoms with Crippen LogP contribution in [0, 0.1) is 0 Å². The van der Waals surface area contributed by atoms with E-state index in [1.807, 2.05) is 18.4 Å². The molecule has 0 atom stereocenters. The fraction of sp³-hybridized carbons (Fsp3) is 0.167. The summed E-state index contributed by atoms with van der Waals surface area (Å²) in [7, 11) is 1.62. The topological polar surface area (TPSA) is 44.2 Å². The van der Waals surface area contributed by atoms with Gasteiger partial charge in [-0.3, -0.25) is 0 Å². The van der Waals surface area contributed by atoms with E-state index in [0.29, 0.717) is 21.9 Å². The number of methoxy groups -OCH3 is 1. The molecule has 0 saturated carbocycles. The Morgan fingerprint density at radius 2 is 1.78 bits per heavy atom. The molecule has 2 aromatic rings. The lowest BCUT2D eigenvalue weighted by atomic mass is 10.3. The molecule has 0 fully saturated rings. The zero-order chi connectivity index (χ0) is 13.0. The van der Waals surface area contributed by atoms with Crippen LogP contribution in [0.2, 0.25) is 5.15 Å². The number of rotatable bonds is 4. The van der Waals surface area contributed by atoms with E-state index in [4.69, 9.17) is 21.1 Å². The van der Waals surface area contributed by atoms with Gasteiger partial charge < -0.3 is 9.47 Å². The van der Waals surface area contributed by atoms with Crippen molar-refractivity contribution in [2.24, 2.45) is 0 Å². The number of benzene rings is 1. The minimum absolute atomic E-state index is 0.359. The number of hydrogen-bond acceptors (Lipinski definition) is 5. The smallest absolute Gasteiger partial charge is 0.224 e. The van der Waals surface area contributed by atoms with Crippen LogP contribution in [0.3, 0.4) is 0 Å². The van der Waals surface area contributed by atoms with Gasteiger partial charge >= 0.3 is 0 Å². The Hall–Kier alpha value is -1.46. The summed E-state index contributed by atoms with van der Waals surface area (Å²) in [5, 5.41) is 0.934. The predicted octanol–water partition coefficient (Wildman–Crippen LogP) is 3.65. The largest absolute Gasteiger partial charge is 0.497 e. The molecule has 0 aliphatic rings. The molecule has 0 aliphatic heterocycles. The van der Waals surface area contributed by atoms with Gasteiger partial charge in [-0.15, -0.1) is 0 Å². The van der Waals surface area contributed by atoms with Crippen LogP contribution in [-0.2, 0) is 0 Å². The summed E-state index contributed by atoms with van der Waals surface area (Å²) < 4.78 is 10.7. The Morgan fingerprint density at radius 3 is 2.39 bits per heavy atom. The van der Waals surface area contributed by atoms with E-state index in [0.717, 1.165) is 5.75 Å². The maximum atomic E-state index is 5.88. The lowest BCUT2D eigenvalue weighted by molar-refractivity contribution is 0.412. The zero-order valence-corrected chi connectivity index (χ0v) is 11.5. The first-order valence-electron chi connectivity index (χ1n) is 5.12. The summed E-state index contributed by atoms with van der Waals surface area (Å²) in [5.74, 6) is 1.86. The molecule has 0 unspecified atom stereocenters. The van der Waals surface area contributed by atoms with E-state index >= 15 is 0 Å². The van der Waals surface area contributed by atoms with Gasteiger partial charge in [0.15, 0.2) is 5.16 Å². The maximum Gasteiger partial charge on any atom is 0.224 e. The van der Waals surface area contributed by atoms with Crippen molar-refractivity contribution >= 4 is 23.4 Å². The molecule has 0 bridgehead atoms. The Morgan fingerprint density at radius 1 is 1.11 bits per heavy atom. The Labute approximate surface area is 114 Å². The molecule has 1 aromatic carbocycles. The predicted molar refractivity (Wildman–Crippen MR) is 71.9 cm³/mol. The van der Waals surface area contributed by atoms with E-state index < -0.39 is 0 Å². The van der Waals surface area contributed by atoms with Crippen molar-refractivity contribution in [3.05, 3.63) is 35.5 Å². The second-order valence-corrected chi connectivity index (χ2v) is 4.45. The third-order valence-corrected chi connectivity index (χ3v) is 2.86. The van der Waals surface area contributed by atoms with E-state index in [9.17, 15) is 0 Å². The first-order chi connectivity index (χ1) is 8.71. The van der Waals surface area contributed by atoms with Crippen molar-refractivity contribution in [3.8, 4) is 17.4 Å². The Balaban J connectivity index is 2.19. The third kappa shape index (κ3) is 3.27. The number of thioether (sulfide) groups is 1. The number of halogens is 1. The minimum Gasteiger partial charge on any atom is -0.497 e. The van der Waals surface area contributed by atoms with Crippen LogP contribution in [0.1, 0.15) is 0 Å². The molecule has 94 valence electrons. The first kappa shape index (κ1) is 13.0. The summed E-state index contributed by atoms with van der Waals surface area (Å²) in [4.78, 5) is 8.24. The third-order valence-electron chi connectivity index (χ3n) is 2.12. The molecule has 0 N–H and O–H groups in total. The van der Waals surface area contributed by atoms with Crippen molar-refractivity contribution in [2.75, 3.05) is 13.4 Å². The number of nitrogens with zero attached hydrogens (tertiary/aromatic N) is 2. The van der Waals surface area contributed by atoms with Gasteiger partial charge in [-0.1, -0.05) is 23.4 Å². The highest BCUT2D eigenvalue weighted by Crippen LogP contribution is 2.25. The first-order valence-corrected chi connectivity index (χ1v) is 6.72. The summed E-state index contributed by atoms with van der Waals surface area (Å²) in [6.45, 7) is 0. The highest BCUT2D eigenvalue weighted by Gasteiger charge is 2.05. The number of ether oxygens (including phenoxy) is 2. The van der Waals surface area contributed by atoms with E-state index in [2.05, 4.69) is 9.97 Å². The van der Waals surface area contributed by atoms with Crippen LogP contribution in [0.4, 0.5) is 0 Å². The molecule has 0 radical (unpaired) electrons. The number of hydrogen-bond donors (Lipinski definition) is 0. The van der Waals surface area contributed by atoms with Gasteiger partial charge in [-0.05, 0) is 30.5 Å². The highest BCUT2D eigenvalue weighted by molar-refractivity contribution is 7.98. The standard InChI is InChI=1S/C12H11ClN2O2S/c1-16-8-3-5-9(6-4-8)17-11-7-10(13)14-12(15-11)18-2/h3-7H,1-2H3. The van der Waals surface area contributed by atoms with Gasteiger partial charge in [0.05, 0.1) is 7.11 Å². The van der Waals surface area contributed by atoms with Crippen molar-refractivity contribution < 1.29 is 9.47 Å². The zero-order valence-electron chi connectivity index (χ0n) is 9.88. The van der Waals surface area contributed by atoms with Crippen molar-refractivity contribution in [1.82, 2.24) is 9.97 Å². The average Bonchev–Trinajstić information content (AvgIpc) is 2.39. The van der Waals surface area contributed by atoms with Gasteiger partial charge in [0.1, 0.15) is 16.7 Å². The summed E-state index contributed by atoms with van der Waals surface area (Å²) in [6, 6.07) is 8.80. The van der Waals surface area contributed by atoms with Crippen LogP contribution in [0.25, 0.3) is 0 Å². The van der Waals surface area contributed by atoms with E-state index in [1.54, 1.807) is 25.3 Å². The van der Waals surface area contributed by atoms with Gasteiger partial charge in [-0.25, -0.2) is 4.98 Å². The van der Waals surface area contributed by atoms with Crippen molar-refractivity contribution in [2.45, 2.75) is 5.16 Å². The van der Waals surface area contributed by atoms with E-state index in [1.165, 1.54) is 11.8 Å². The lowest BCUT2D eigenvalue weighted by Gasteiger charge is -2.06. The quantitative estimate of drug-likeness (QED) is 0.486. The van der Waals surface area contributed by atoms with Gasteiger partial charge in [-0.2, -0.15) is 4.98 Å². The van der Waals surface area contributed by atoms with Crippen molar-refractivity contribution in [1.29, 1.82) is 0 Å². The maximum absolute atomic E-state index is 5.88. The normalized spacial score (nSPS) is 10.2. The average molecular weight is 283 g/mol.